The van der Waals surface area contributed by atoms with Crippen molar-refractivity contribution in [1.29, 1.82) is 0 Å². The van der Waals surface area contributed by atoms with Crippen LogP contribution in [0.4, 0.5) is 0 Å². The van der Waals surface area contributed by atoms with Crippen LogP contribution in [0.25, 0.3) is 0 Å². The maximum Gasteiger partial charge on any atom is 0.320 e. The molecule has 0 saturated heterocycles. The van der Waals surface area contributed by atoms with E-state index in [4.69, 9.17) is 5.11 Å². The Hall–Kier alpha value is -2.13. The van der Waals surface area contributed by atoms with Crippen molar-refractivity contribution in [2.45, 2.75) is 71.3 Å². The fraction of sp³-hybridized carbons (Fsp3) is 0.480. The van der Waals surface area contributed by atoms with E-state index in [0.717, 1.165) is 57.9 Å². The number of hydrogen-bond donors (Lipinski definition) is 2. The summed E-state index contributed by atoms with van der Waals surface area (Å²) in [7, 11) is 0. The van der Waals surface area contributed by atoms with Crippen LogP contribution in [0.2, 0.25) is 0 Å². The number of carbonyl (C=O) groups is 1. The van der Waals surface area contributed by atoms with Crippen LogP contribution in [0.1, 0.15) is 65.2 Å². The third-order valence-electron chi connectivity index (χ3n) is 3.97. The van der Waals surface area contributed by atoms with Crippen molar-refractivity contribution < 1.29 is 9.90 Å². The highest BCUT2D eigenvalue weighted by Crippen LogP contribution is 1.97. The van der Waals surface area contributed by atoms with Gasteiger partial charge in [0.1, 0.15) is 6.04 Å². The van der Waals surface area contributed by atoms with Gasteiger partial charge in [-0.25, -0.2) is 0 Å². The summed E-state index contributed by atoms with van der Waals surface area (Å²) >= 11 is 0. The van der Waals surface area contributed by atoms with Crippen molar-refractivity contribution in [3.05, 3.63) is 72.9 Å². The van der Waals surface area contributed by atoms with Crippen molar-refractivity contribution >= 4 is 5.97 Å². The smallest absolute Gasteiger partial charge is 0.320 e. The van der Waals surface area contributed by atoms with Gasteiger partial charge < -0.3 is 10.4 Å². The molecule has 0 radical (unpaired) electrons. The molecule has 0 bridgehead atoms. The van der Waals surface area contributed by atoms with Gasteiger partial charge in [0.2, 0.25) is 0 Å². The molecule has 0 amide bonds. The van der Waals surface area contributed by atoms with Gasteiger partial charge in [-0.05, 0) is 64.8 Å². The molecule has 0 rings (SSSR count). The van der Waals surface area contributed by atoms with E-state index < -0.39 is 12.0 Å². The molecule has 0 aliphatic heterocycles. The van der Waals surface area contributed by atoms with Gasteiger partial charge in [-0.1, -0.05) is 79.8 Å². The lowest BCUT2D eigenvalue weighted by Crippen LogP contribution is -2.34. The molecule has 2 N–H and O–H groups in total. The normalized spacial score (nSPS) is 14.1. The molecule has 0 aromatic carbocycles. The van der Waals surface area contributed by atoms with Crippen LogP contribution in [-0.4, -0.2) is 23.7 Å². The monoisotopic (exact) mass is 385 g/mol. The van der Waals surface area contributed by atoms with E-state index in [-0.39, 0.29) is 0 Å². The number of allylic oxidation sites excluding steroid dienone is 12. The van der Waals surface area contributed by atoms with E-state index >= 15 is 0 Å². The predicted molar refractivity (Wildman–Crippen MR) is 123 cm³/mol. The summed E-state index contributed by atoms with van der Waals surface area (Å²) in [6.07, 6.45) is 34.3. The average Bonchev–Trinajstić information content (AvgIpc) is 2.68. The maximum absolute atomic E-state index is 10.6. The number of unbranched alkanes of at least 4 members (excludes halogenated alkanes) is 1. The molecule has 28 heavy (non-hydrogen) atoms. The molecule has 0 saturated carbocycles. The number of hydrogen-bond acceptors (Lipinski definition) is 2. The number of nitrogens with one attached hydrogen (secondary N) is 1. The fourth-order valence-corrected chi connectivity index (χ4v) is 2.27. The Labute approximate surface area is 172 Å². The molecule has 156 valence electrons. The van der Waals surface area contributed by atoms with Crippen LogP contribution in [0.15, 0.2) is 72.9 Å². The lowest BCUT2D eigenvalue weighted by molar-refractivity contribution is -0.138. The lowest BCUT2D eigenvalue weighted by Gasteiger charge is -2.07. The third kappa shape index (κ3) is 20.2. The van der Waals surface area contributed by atoms with E-state index in [1.807, 2.05) is 0 Å². The van der Waals surface area contributed by atoms with Crippen LogP contribution in [-0.2, 0) is 4.79 Å². The highest BCUT2D eigenvalue weighted by Gasteiger charge is 2.07. The highest BCUT2D eigenvalue weighted by atomic mass is 16.4. The first-order valence-corrected chi connectivity index (χ1v) is 10.5. The minimum atomic E-state index is -0.797. The first-order valence-electron chi connectivity index (χ1n) is 10.5. The molecule has 0 aliphatic carbocycles. The molecule has 0 aromatic rings. The van der Waals surface area contributed by atoms with E-state index in [0.29, 0.717) is 0 Å². The zero-order valence-electron chi connectivity index (χ0n) is 17.7. The van der Waals surface area contributed by atoms with Crippen LogP contribution < -0.4 is 5.32 Å². The van der Waals surface area contributed by atoms with E-state index in [2.05, 4.69) is 85.2 Å². The molecule has 0 spiro atoms. The summed E-state index contributed by atoms with van der Waals surface area (Å²) in [5, 5.41) is 11.7. The van der Waals surface area contributed by atoms with Crippen LogP contribution >= 0.6 is 0 Å². The first-order chi connectivity index (χ1) is 13.7. The molecule has 0 unspecified atom stereocenters. The zero-order chi connectivity index (χ0) is 20.7. The number of rotatable bonds is 17. The second-order valence-electron chi connectivity index (χ2n) is 6.57. The average molecular weight is 386 g/mol. The molecule has 0 heterocycles. The van der Waals surface area contributed by atoms with Crippen molar-refractivity contribution in [3.63, 3.8) is 0 Å². The van der Waals surface area contributed by atoms with Crippen molar-refractivity contribution in [2.75, 3.05) is 6.54 Å². The first kappa shape index (κ1) is 25.9. The molecular formula is C25H39NO2. The summed E-state index contributed by atoms with van der Waals surface area (Å²) in [6.45, 7) is 4.55. The number of carboxylic acid groups (broad SMARTS) is 1. The molecule has 0 aliphatic rings. The Bertz CT molecular complexity index is 539. The van der Waals surface area contributed by atoms with Crippen molar-refractivity contribution in [1.82, 2.24) is 5.32 Å². The second kappa shape index (κ2) is 21.2. The summed E-state index contributed by atoms with van der Waals surface area (Å²) in [4.78, 5) is 10.6. The maximum atomic E-state index is 10.6. The topological polar surface area (TPSA) is 49.3 Å². The summed E-state index contributed by atoms with van der Waals surface area (Å²) in [6, 6.07) is -0.467. The third-order valence-corrected chi connectivity index (χ3v) is 3.97. The predicted octanol–water partition coefficient (Wildman–Crippen LogP) is 6.53. The summed E-state index contributed by atoms with van der Waals surface area (Å²) in [5.74, 6) is -0.797. The van der Waals surface area contributed by atoms with Crippen LogP contribution in [0, 0.1) is 0 Å². The Morgan fingerprint density at radius 1 is 0.750 bits per heavy atom. The Morgan fingerprint density at radius 3 is 1.54 bits per heavy atom. The van der Waals surface area contributed by atoms with Gasteiger partial charge in [-0.2, -0.15) is 0 Å². The SMILES string of the molecule is CC/C=C\C/C=C\C/C=C\C/C=C\C/C=C\C/C=C\CCCN[C@@H](C)C(=O)O. The lowest BCUT2D eigenvalue weighted by atomic mass is 10.2. The summed E-state index contributed by atoms with van der Waals surface area (Å²) in [5.41, 5.74) is 0. The Kier molecular flexibility index (Phi) is 19.6. The van der Waals surface area contributed by atoms with Gasteiger partial charge in [0.15, 0.2) is 0 Å². The Balaban J connectivity index is 3.52. The fourth-order valence-electron chi connectivity index (χ4n) is 2.27. The molecule has 3 heteroatoms. The van der Waals surface area contributed by atoms with Gasteiger partial charge in [0.05, 0.1) is 0 Å². The van der Waals surface area contributed by atoms with E-state index in [1.165, 1.54) is 0 Å². The van der Waals surface area contributed by atoms with Crippen molar-refractivity contribution in [3.8, 4) is 0 Å². The van der Waals surface area contributed by atoms with E-state index in [9.17, 15) is 4.79 Å². The standard InChI is InChI=1S/C25H39NO2/c1-3-4-5-6-7-8-9-10-11-12-13-14-15-16-17-18-19-20-21-22-23-26-24(2)25(27)28/h4-5,7-8,10-11,13-14,16-17,19-20,24,26H,3,6,9,12,15,18,21-23H2,1-2H3,(H,27,28)/b5-4-,8-7-,11-10-,14-13-,17-16-,20-19-/t24-/m0/s1. The largest absolute Gasteiger partial charge is 0.480 e. The van der Waals surface area contributed by atoms with Crippen molar-refractivity contribution in [2.24, 2.45) is 0 Å². The second-order valence-corrected chi connectivity index (χ2v) is 6.57. The highest BCUT2D eigenvalue weighted by molar-refractivity contribution is 5.72. The Morgan fingerprint density at radius 2 is 1.14 bits per heavy atom. The molecule has 0 fully saturated rings. The molecule has 3 nitrogen and oxygen atoms in total. The molecular weight excluding hydrogens is 346 g/mol. The minimum absolute atomic E-state index is 0.467. The van der Waals surface area contributed by atoms with E-state index in [1.54, 1.807) is 6.92 Å². The van der Waals surface area contributed by atoms with Gasteiger partial charge in [-0.15, -0.1) is 0 Å². The zero-order valence-corrected chi connectivity index (χ0v) is 17.7. The number of aliphatic carboxylic acids is 1. The van der Waals surface area contributed by atoms with Crippen LogP contribution in [0.3, 0.4) is 0 Å². The minimum Gasteiger partial charge on any atom is -0.480 e. The van der Waals surface area contributed by atoms with Gasteiger partial charge in [0.25, 0.3) is 0 Å². The quantitative estimate of drug-likeness (QED) is 0.221. The number of carboxylic acids is 1. The molecule has 1 atom stereocenters. The van der Waals surface area contributed by atoms with Gasteiger partial charge >= 0.3 is 5.97 Å². The van der Waals surface area contributed by atoms with Gasteiger partial charge in [0, 0.05) is 0 Å². The van der Waals surface area contributed by atoms with Crippen LogP contribution in [0.5, 0.6) is 0 Å². The summed E-state index contributed by atoms with van der Waals surface area (Å²) < 4.78 is 0. The molecule has 0 aromatic heterocycles. The van der Waals surface area contributed by atoms with Gasteiger partial charge in [-0.3, -0.25) is 4.79 Å².